The molecule has 2 atom stereocenters. The fourth-order valence-electron chi connectivity index (χ4n) is 4.97. The molecule has 0 aliphatic carbocycles. The minimum Gasteiger partial charge on any atom is -0.354 e. The van der Waals surface area contributed by atoms with Gasteiger partial charge in [-0.2, -0.15) is 0 Å². The Labute approximate surface area is 219 Å². The predicted octanol–water partition coefficient (Wildman–Crippen LogP) is 8.03. The van der Waals surface area contributed by atoms with Gasteiger partial charge in [-0.3, -0.25) is 9.59 Å². The minimum atomic E-state index is -0.372. The molecule has 1 aromatic rings. The highest BCUT2D eigenvalue weighted by atomic mass is 32.2. The summed E-state index contributed by atoms with van der Waals surface area (Å²) in [6, 6.07) is 9.64. The van der Waals surface area contributed by atoms with E-state index < -0.39 is 0 Å². The van der Waals surface area contributed by atoms with Gasteiger partial charge < -0.3 is 10.2 Å². The van der Waals surface area contributed by atoms with E-state index in [9.17, 15) is 9.59 Å². The van der Waals surface area contributed by atoms with Crippen LogP contribution in [0.1, 0.15) is 128 Å². The van der Waals surface area contributed by atoms with Gasteiger partial charge in [0, 0.05) is 19.2 Å². The van der Waals surface area contributed by atoms with Crippen molar-refractivity contribution in [3.05, 3.63) is 35.9 Å². The highest BCUT2D eigenvalue weighted by Gasteiger charge is 2.40. The van der Waals surface area contributed by atoms with Crippen LogP contribution < -0.4 is 5.32 Å². The van der Waals surface area contributed by atoms with Crippen molar-refractivity contribution in [3.63, 3.8) is 0 Å². The Bertz CT molecular complexity index is 697. The molecule has 0 radical (unpaired) electrons. The normalized spacial score (nSPS) is 17.6. The largest absolute Gasteiger partial charge is 0.354 e. The lowest BCUT2D eigenvalue weighted by Crippen LogP contribution is -2.47. The molecule has 1 aliphatic heterocycles. The first-order valence-corrected chi connectivity index (χ1v) is 15.4. The molecule has 2 rings (SSSR count). The lowest BCUT2D eigenvalue weighted by Gasteiger charge is -2.27. The second-order valence-corrected chi connectivity index (χ2v) is 11.2. The summed E-state index contributed by atoms with van der Waals surface area (Å²) in [5.74, 6) is 0.614. The lowest BCUT2D eigenvalue weighted by molar-refractivity contribution is -0.138. The van der Waals surface area contributed by atoms with Gasteiger partial charge in [0.2, 0.25) is 11.8 Å². The Morgan fingerprint density at radius 3 is 1.77 bits per heavy atom. The Balaban J connectivity index is 1.45. The van der Waals surface area contributed by atoms with E-state index in [1.807, 2.05) is 30.3 Å². The maximum atomic E-state index is 12.8. The Morgan fingerprint density at radius 2 is 1.29 bits per heavy atom. The standard InChI is InChI=1S/C30H50N2O2S/c1-3-4-5-6-7-8-9-10-11-12-13-14-15-16-17-21-24-31-29(34)28-25-35-30(32(28)26(2)33)27-22-19-18-20-23-27/h18-20,22-23,28,30H,3-17,21,24-25H2,1-2H3,(H,31,34)/t28-,30?/m0/s1. The molecule has 0 saturated carbocycles. The van der Waals surface area contributed by atoms with Crippen LogP contribution >= 0.6 is 11.8 Å². The maximum Gasteiger partial charge on any atom is 0.243 e. The van der Waals surface area contributed by atoms with E-state index in [2.05, 4.69) is 12.2 Å². The number of amides is 2. The average Bonchev–Trinajstić information content (AvgIpc) is 3.32. The van der Waals surface area contributed by atoms with Crippen molar-refractivity contribution in [3.8, 4) is 0 Å². The summed E-state index contributed by atoms with van der Waals surface area (Å²) >= 11 is 1.68. The van der Waals surface area contributed by atoms with E-state index in [0.717, 1.165) is 12.0 Å². The number of rotatable bonds is 19. The van der Waals surface area contributed by atoms with E-state index in [1.54, 1.807) is 23.6 Å². The van der Waals surface area contributed by atoms with Crippen molar-refractivity contribution in [2.75, 3.05) is 12.3 Å². The quantitative estimate of drug-likeness (QED) is 0.195. The van der Waals surface area contributed by atoms with Crippen LogP contribution in [0.4, 0.5) is 0 Å². The molecule has 5 heteroatoms. The van der Waals surface area contributed by atoms with Gasteiger partial charge in [0.25, 0.3) is 0 Å². The monoisotopic (exact) mass is 502 g/mol. The number of benzene rings is 1. The fraction of sp³-hybridized carbons (Fsp3) is 0.733. The molecule has 1 aliphatic rings. The third-order valence-electron chi connectivity index (χ3n) is 7.08. The minimum absolute atomic E-state index is 0.00732. The SMILES string of the molecule is CCCCCCCCCCCCCCCCCCNC(=O)[C@@H]1CSC(c2ccccc2)N1C(C)=O. The molecule has 4 nitrogen and oxygen atoms in total. The molecule has 0 spiro atoms. The van der Waals surface area contributed by atoms with Gasteiger partial charge in [-0.1, -0.05) is 134 Å². The molecule has 0 aromatic heterocycles. The molecular weight excluding hydrogens is 452 g/mol. The third kappa shape index (κ3) is 11.9. The number of hydrogen-bond acceptors (Lipinski definition) is 3. The zero-order chi connectivity index (χ0) is 25.1. The molecule has 1 unspecified atom stereocenters. The Morgan fingerprint density at radius 1 is 0.800 bits per heavy atom. The van der Waals surface area contributed by atoms with Crippen molar-refractivity contribution in [2.24, 2.45) is 0 Å². The second kappa shape index (κ2) is 18.7. The number of nitrogens with zero attached hydrogens (tertiary/aromatic N) is 1. The number of unbranched alkanes of at least 4 members (excludes halogenated alkanes) is 15. The number of carbonyl (C=O) groups is 2. The van der Waals surface area contributed by atoms with Crippen molar-refractivity contribution in [1.82, 2.24) is 10.2 Å². The van der Waals surface area contributed by atoms with Crippen LogP contribution in [0.25, 0.3) is 0 Å². The summed E-state index contributed by atoms with van der Waals surface area (Å²) in [5, 5.41) is 3.02. The molecule has 1 N–H and O–H groups in total. The van der Waals surface area contributed by atoms with E-state index in [1.165, 1.54) is 96.3 Å². The second-order valence-electron chi connectivity index (χ2n) is 10.1. The summed E-state index contributed by atoms with van der Waals surface area (Å²) in [5.41, 5.74) is 1.08. The van der Waals surface area contributed by atoms with Gasteiger partial charge in [0.15, 0.2) is 0 Å². The maximum absolute atomic E-state index is 12.8. The number of carbonyl (C=O) groups excluding carboxylic acids is 2. The molecule has 1 fully saturated rings. The molecule has 1 heterocycles. The Hall–Kier alpha value is -1.49. The molecule has 1 aromatic carbocycles. The van der Waals surface area contributed by atoms with Crippen LogP contribution in [-0.2, 0) is 9.59 Å². The highest BCUT2D eigenvalue weighted by molar-refractivity contribution is 7.99. The van der Waals surface area contributed by atoms with Crippen LogP contribution in [0.5, 0.6) is 0 Å². The van der Waals surface area contributed by atoms with Crippen molar-refractivity contribution in [2.45, 2.75) is 128 Å². The van der Waals surface area contributed by atoms with Crippen LogP contribution in [0.2, 0.25) is 0 Å². The number of thioether (sulfide) groups is 1. The topological polar surface area (TPSA) is 49.4 Å². The van der Waals surface area contributed by atoms with Crippen LogP contribution in [-0.4, -0.2) is 35.1 Å². The first-order chi connectivity index (χ1) is 17.1. The molecule has 1 saturated heterocycles. The van der Waals surface area contributed by atoms with Crippen molar-refractivity contribution >= 4 is 23.6 Å². The fourth-order valence-corrected chi connectivity index (χ4v) is 6.45. The van der Waals surface area contributed by atoms with E-state index in [0.29, 0.717) is 12.3 Å². The summed E-state index contributed by atoms with van der Waals surface area (Å²) < 4.78 is 0. The number of hydrogen-bond donors (Lipinski definition) is 1. The first kappa shape index (κ1) is 29.7. The molecular formula is C30H50N2O2S. The summed E-state index contributed by atoms with van der Waals surface area (Å²) in [6.07, 6.45) is 21.6. The van der Waals surface area contributed by atoms with Crippen LogP contribution in [0.3, 0.4) is 0 Å². The van der Waals surface area contributed by atoms with Crippen molar-refractivity contribution in [1.29, 1.82) is 0 Å². The zero-order valence-corrected chi connectivity index (χ0v) is 23.3. The highest BCUT2D eigenvalue weighted by Crippen LogP contribution is 2.41. The van der Waals surface area contributed by atoms with Gasteiger partial charge in [0.1, 0.15) is 11.4 Å². The predicted molar refractivity (Wildman–Crippen MR) is 151 cm³/mol. The van der Waals surface area contributed by atoms with E-state index in [4.69, 9.17) is 0 Å². The summed E-state index contributed by atoms with van der Waals surface area (Å²) in [4.78, 5) is 26.8. The van der Waals surface area contributed by atoms with E-state index in [-0.39, 0.29) is 23.2 Å². The van der Waals surface area contributed by atoms with Crippen molar-refractivity contribution < 1.29 is 9.59 Å². The van der Waals surface area contributed by atoms with Gasteiger partial charge in [0.05, 0.1) is 0 Å². The smallest absolute Gasteiger partial charge is 0.243 e. The first-order valence-electron chi connectivity index (χ1n) is 14.4. The average molecular weight is 503 g/mol. The van der Waals surface area contributed by atoms with E-state index >= 15 is 0 Å². The molecule has 2 amide bonds. The Kier molecular flexibility index (Phi) is 15.9. The van der Waals surface area contributed by atoms with Crippen LogP contribution in [0, 0.1) is 0 Å². The summed E-state index contributed by atoms with van der Waals surface area (Å²) in [7, 11) is 0. The zero-order valence-electron chi connectivity index (χ0n) is 22.4. The third-order valence-corrected chi connectivity index (χ3v) is 8.40. The van der Waals surface area contributed by atoms with Gasteiger partial charge >= 0.3 is 0 Å². The van der Waals surface area contributed by atoms with Gasteiger partial charge in [-0.15, -0.1) is 11.8 Å². The number of nitrogens with one attached hydrogen (secondary N) is 1. The van der Waals surface area contributed by atoms with Gasteiger partial charge in [-0.05, 0) is 12.0 Å². The molecule has 35 heavy (non-hydrogen) atoms. The van der Waals surface area contributed by atoms with Crippen LogP contribution in [0.15, 0.2) is 30.3 Å². The molecule has 0 bridgehead atoms. The molecule has 198 valence electrons. The van der Waals surface area contributed by atoms with Gasteiger partial charge in [-0.25, -0.2) is 0 Å². The lowest BCUT2D eigenvalue weighted by atomic mass is 10.0. The summed E-state index contributed by atoms with van der Waals surface area (Å²) in [6.45, 7) is 4.56.